The molecule has 2 nitrogen and oxygen atoms in total. The Morgan fingerprint density at radius 2 is 1.88 bits per heavy atom. The third-order valence-electron chi connectivity index (χ3n) is 3.95. The summed E-state index contributed by atoms with van der Waals surface area (Å²) in [6.07, 6.45) is 1.43. The fraction of sp³-hybridized carbons (Fsp3) is 0.600. The van der Waals surface area contributed by atoms with E-state index in [1.165, 1.54) is 11.1 Å². The highest BCUT2D eigenvalue weighted by Crippen LogP contribution is 2.46. The molecule has 1 fully saturated rings. The smallest absolute Gasteiger partial charge is 0.0558 e. The number of aliphatic hydroxyl groups is 1. The summed E-state index contributed by atoms with van der Waals surface area (Å²) in [7, 11) is 0. The molecule has 0 aromatic heterocycles. The Bertz CT molecular complexity index is 400. The summed E-state index contributed by atoms with van der Waals surface area (Å²) in [5.41, 5.74) is 8.78. The highest BCUT2D eigenvalue weighted by atomic mass is 16.3. The van der Waals surface area contributed by atoms with Gasteiger partial charge in [0.15, 0.2) is 0 Å². The molecular weight excluding hydrogens is 210 g/mol. The highest BCUT2D eigenvalue weighted by molar-refractivity contribution is 5.41. The van der Waals surface area contributed by atoms with E-state index in [2.05, 4.69) is 45.0 Å². The van der Waals surface area contributed by atoms with E-state index in [4.69, 9.17) is 5.73 Å². The molecule has 0 amide bonds. The first-order valence-electron chi connectivity index (χ1n) is 6.37. The predicted molar refractivity (Wildman–Crippen MR) is 71.1 cm³/mol. The standard InChI is InChI=1S/C15H23NO/c1-14(2,3)12-6-4-5-7-13(12)15(10-16)8-11(17)9-15/h4-7,11,17H,8-10,16H2,1-3H3. The zero-order valence-electron chi connectivity index (χ0n) is 11.0. The molecule has 0 unspecified atom stereocenters. The number of hydrogen-bond acceptors (Lipinski definition) is 2. The van der Waals surface area contributed by atoms with Gasteiger partial charge in [0, 0.05) is 12.0 Å². The lowest BCUT2D eigenvalue weighted by atomic mass is 9.60. The van der Waals surface area contributed by atoms with Gasteiger partial charge in [-0.3, -0.25) is 0 Å². The molecule has 2 heteroatoms. The molecule has 1 saturated carbocycles. The Hall–Kier alpha value is -0.860. The molecule has 0 atom stereocenters. The second kappa shape index (κ2) is 4.11. The van der Waals surface area contributed by atoms with Gasteiger partial charge in [-0.1, -0.05) is 45.0 Å². The van der Waals surface area contributed by atoms with Crippen LogP contribution in [0.25, 0.3) is 0 Å². The van der Waals surface area contributed by atoms with E-state index in [1.807, 2.05) is 0 Å². The molecule has 0 saturated heterocycles. The summed E-state index contributed by atoms with van der Waals surface area (Å²) in [6.45, 7) is 7.30. The molecule has 0 spiro atoms. The average Bonchev–Trinajstić information content (AvgIpc) is 2.23. The minimum Gasteiger partial charge on any atom is -0.393 e. The van der Waals surface area contributed by atoms with Crippen LogP contribution in [-0.4, -0.2) is 17.8 Å². The molecular formula is C15H23NO. The normalized spacial score (nSPS) is 28.9. The van der Waals surface area contributed by atoms with E-state index >= 15 is 0 Å². The summed E-state index contributed by atoms with van der Waals surface area (Å²) in [6, 6.07) is 8.53. The average molecular weight is 233 g/mol. The van der Waals surface area contributed by atoms with Gasteiger partial charge in [-0.05, 0) is 29.4 Å². The van der Waals surface area contributed by atoms with Crippen LogP contribution in [0.5, 0.6) is 0 Å². The van der Waals surface area contributed by atoms with E-state index in [9.17, 15) is 5.11 Å². The zero-order chi connectivity index (χ0) is 12.7. The molecule has 94 valence electrons. The summed E-state index contributed by atoms with van der Waals surface area (Å²) >= 11 is 0. The van der Waals surface area contributed by atoms with Crippen molar-refractivity contribution in [3.8, 4) is 0 Å². The fourth-order valence-electron chi connectivity index (χ4n) is 2.94. The van der Waals surface area contributed by atoms with Crippen LogP contribution >= 0.6 is 0 Å². The van der Waals surface area contributed by atoms with Crippen molar-refractivity contribution in [2.45, 2.75) is 50.5 Å². The van der Waals surface area contributed by atoms with Crippen molar-refractivity contribution in [3.05, 3.63) is 35.4 Å². The molecule has 1 aromatic carbocycles. The number of aliphatic hydroxyl groups excluding tert-OH is 1. The van der Waals surface area contributed by atoms with Gasteiger partial charge in [0.05, 0.1) is 6.10 Å². The van der Waals surface area contributed by atoms with Crippen molar-refractivity contribution in [1.29, 1.82) is 0 Å². The lowest BCUT2D eigenvalue weighted by Gasteiger charge is -2.47. The van der Waals surface area contributed by atoms with Gasteiger partial charge in [-0.2, -0.15) is 0 Å². The zero-order valence-corrected chi connectivity index (χ0v) is 11.0. The van der Waals surface area contributed by atoms with Gasteiger partial charge in [-0.25, -0.2) is 0 Å². The van der Waals surface area contributed by atoms with Gasteiger partial charge < -0.3 is 10.8 Å². The van der Waals surface area contributed by atoms with Gasteiger partial charge in [0.1, 0.15) is 0 Å². The van der Waals surface area contributed by atoms with Crippen LogP contribution in [0.3, 0.4) is 0 Å². The van der Waals surface area contributed by atoms with Crippen molar-refractivity contribution in [3.63, 3.8) is 0 Å². The first-order chi connectivity index (χ1) is 7.89. The van der Waals surface area contributed by atoms with Crippen LogP contribution in [0, 0.1) is 0 Å². The Morgan fingerprint density at radius 3 is 2.35 bits per heavy atom. The molecule has 0 heterocycles. The van der Waals surface area contributed by atoms with Gasteiger partial charge in [0.2, 0.25) is 0 Å². The number of rotatable bonds is 2. The monoisotopic (exact) mass is 233 g/mol. The molecule has 3 N–H and O–H groups in total. The van der Waals surface area contributed by atoms with E-state index in [0.717, 1.165) is 12.8 Å². The van der Waals surface area contributed by atoms with Crippen molar-refractivity contribution < 1.29 is 5.11 Å². The Balaban J connectivity index is 2.45. The lowest BCUT2D eigenvalue weighted by molar-refractivity contribution is 0.0213. The number of hydrogen-bond donors (Lipinski definition) is 2. The van der Waals surface area contributed by atoms with Crippen molar-refractivity contribution in [2.75, 3.05) is 6.54 Å². The third kappa shape index (κ3) is 2.12. The van der Waals surface area contributed by atoms with Crippen LogP contribution in [-0.2, 0) is 10.8 Å². The summed E-state index contributed by atoms with van der Waals surface area (Å²) in [5, 5.41) is 9.61. The highest BCUT2D eigenvalue weighted by Gasteiger charge is 2.45. The second-order valence-corrected chi connectivity index (χ2v) is 6.34. The Morgan fingerprint density at radius 1 is 1.29 bits per heavy atom. The van der Waals surface area contributed by atoms with E-state index < -0.39 is 0 Å². The largest absolute Gasteiger partial charge is 0.393 e. The molecule has 1 aliphatic carbocycles. The minimum atomic E-state index is -0.174. The van der Waals surface area contributed by atoms with Gasteiger partial charge in [0.25, 0.3) is 0 Å². The molecule has 17 heavy (non-hydrogen) atoms. The molecule has 1 aliphatic rings. The summed E-state index contributed by atoms with van der Waals surface area (Å²) < 4.78 is 0. The van der Waals surface area contributed by atoms with Crippen molar-refractivity contribution in [1.82, 2.24) is 0 Å². The summed E-state index contributed by atoms with van der Waals surface area (Å²) in [4.78, 5) is 0. The maximum Gasteiger partial charge on any atom is 0.0558 e. The van der Waals surface area contributed by atoms with Crippen LogP contribution in [0.2, 0.25) is 0 Å². The van der Waals surface area contributed by atoms with E-state index in [-0.39, 0.29) is 16.9 Å². The van der Waals surface area contributed by atoms with Crippen LogP contribution in [0.15, 0.2) is 24.3 Å². The third-order valence-corrected chi connectivity index (χ3v) is 3.95. The molecule has 0 radical (unpaired) electrons. The quantitative estimate of drug-likeness (QED) is 0.823. The lowest BCUT2D eigenvalue weighted by Crippen LogP contribution is -2.50. The van der Waals surface area contributed by atoms with Crippen LogP contribution in [0.1, 0.15) is 44.7 Å². The first-order valence-corrected chi connectivity index (χ1v) is 6.37. The first kappa shape index (κ1) is 12.6. The van der Waals surface area contributed by atoms with Crippen LogP contribution in [0.4, 0.5) is 0 Å². The predicted octanol–water partition coefficient (Wildman–Crippen LogP) is 2.34. The number of nitrogens with two attached hydrogens (primary N) is 1. The fourth-order valence-corrected chi connectivity index (χ4v) is 2.94. The van der Waals surface area contributed by atoms with Crippen molar-refractivity contribution in [2.24, 2.45) is 5.73 Å². The van der Waals surface area contributed by atoms with E-state index in [1.54, 1.807) is 0 Å². The maximum atomic E-state index is 9.61. The molecule has 1 aromatic rings. The SMILES string of the molecule is CC(C)(C)c1ccccc1C1(CN)CC(O)C1. The van der Waals surface area contributed by atoms with Gasteiger partial charge >= 0.3 is 0 Å². The Labute approximate surface area is 104 Å². The molecule has 0 aliphatic heterocycles. The molecule has 2 rings (SSSR count). The second-order valence-electron chi connectivity index (χ2n) is 6.34. The van der Waals surface area contributed by atoms with Gasteiger partial charge in [-0.15, -0.1) is 0 Å². The van der Waals surface area contributed by atoms with Crippen LogP contribution < -0.4 is 5.73 Å². The Kier molecular flexibility index (Phi) is 3.04. The maximum absolute atomic E-state index is 9.61. The van der Waals surface area contributed by atoms with Crippen molar-refractivity contribution >= 4 is 0 Å². The topological polar surface area (TPSA) is 46.2 Å². The molecule has 0 bridgehead atoms. The summed E-state index contributed by atoms with van der Waals surface area (Å²) in [5.74, 6) is 0. The number of benzene rings is 1. The van der Waals surface area contributed by atoms with E-state index in [0.29, 0.717) is 6.54 Å². The minimum absolute atomic E-state index is 0.00326.